The van der Waals surface area contributed by atoms with Crippen LogP contribution in [0.15, 0.2) is 47.6 Å². The Morgan fingerprint density at radius 1 is 1.24 bits per heavy atom. The summed E-state index contributed by atoms with van der Waals surface area (Å²) in [6.45, 7) is 17.6. The zero-order chi connectivity index (χ0) is 30.8. The van der Waals surface area contributed by atoms with E-state index in [2.05, 4.69) is 45.7 Å². The van der Waals surface area contributed by atoms with Crippen LogP contribution in [0.5, 0.6) is 0 Å². The summed E-state index contributed by atoms with van der Waals surface area (Å²) < 4.78 is 26.1. The van der Waals surface area contributed by atoms with Gasteiger partial charge in [-0.1, -0.05) is 19.6 Å². The molecule has 11 heteroatoms. The molecule has 0 aromatic carbocycles. The molecule has 9 nitrogen and oxygen atoms in total. The number of aliphatic hydroxyl groups excluding tert-OH is 1. The highest BCUT2D eigenvalue weighted by molar-refractivity contribution is 5.73. The van der Waals surface area contributed by atoms with Crippen molar-refractivity contribution < 1.29 is 18.7 Å². The van der Waals surface area contributed by atoms with Crippen LogP contribution >= 0.6 is 0 Å². The van der Waals surface area contributed by atoms with Gasteiger partial charge in [-0.25, -0.2) is 13.8 Å². The highest BCUT2D eigenvalue weighted by Crippen LogP contribution is 2.34. The molecule has 0 bridgehead atoms. The quantitative estimate of drug-likeness (QED) is 0.134. The maximum absolute atomic E-state index is 13.5. The van der Waals surface area contributed by atoms with Gasteiger partial charge in [0.2, 0.25) is 11.9 Å². The maximum Gasteiger partial charge on any atom is 0.224 e. The van der Waals surface area contributed by atoms with Gasteiger partial charge in [0.15, 0.2) is 5.82 Å². The number of hydrogen-bond donors (Lipinski definition) is 3. The predicted octanol–water partition coefficient (Wildman–Crippen LogP) is 5.69. The number of aliphatic imine (C=N–C) groups is 1. The molecule has 2 heterocycles. The summed E-state index contributed by atoms with van der Waals surface area (Å²) in [6.07, 6.45) is 12.1. The molecule has 1 aliphatic heterocycles. The Kier molecular flexibility index (Phi) is 17.3. The van der Waals surface area contributed by atoms with Gasteiger partial charge in [-0.05, 0) is 71.1 Å². The summed E-state index contributed by atoms with van der Waals surface area (Å²) in [5.74, 6) is 0.726. The number of carbonyl (C=O) groups excluding carboxylic acids is 1. The zero-order valence-electron chi connectivity index (χ0n) is 25.4. The fourth-order valence-corrected chi connectivity index (χ4v) is 4.62. The first-order valence-electron chi connectivity index (χ1n) is 14.3. The molecular weight excluding hydrogens is 528 g/mol. The molecule has 2 fully saturated rings. The lowest BCUT2D eigenvalue weighted by Gasteiger charge is -2.37. The van der Waals surface area contributed by atoms with Crippen LogP contribution < -0.4 is 15.5 Å². The second-order valence-electron chi connectivity index (χ2n) is 10.4. The average molecular weight is 578 g/mol. The number of aliphatic hydroxyl groups is 1. The van der Waals surface area contributed by atoms with E-state index in [9.17, 15) is 13.6 Å². The van der Waals surface area contributed by atoms with Gasteiger partial charge in [0.1, 0.15) is 17.3 Å². The molecule has 0 radical (unpaired) electrons. The van der Waals surface area contributed by atoms with Gasteiger partial charge in [-0.3, -0.25) is 15.1 Å². The van der Waals surface area contributed by atoms with Crippen LogP contribution in [0.4, 0.5) is 26.2 Å². The molecule has 1 aliphatic carbocycles. The van der Waals surface area contributed by atoms with Crippen LogP contribution in [0, 0.1) is 5.92 Å². The van der Waals surface area contributed by atoms with Crippen molar-refractivity contribution in [3.63, 3.8) is 0 Å². The van der Waals surface area contributed by atoms with E-state index >= 15 is 0 Å². The maximum atomic E-state index is 13.5. The van der Waals surface area contributed by atoms with Crippen molar-refractivity contribution in [2.45, 2.75) is 78.3 Å². The van der Waals surface area contributed by atoms with E-state index in [-0.39, 0.29) is 11.9 Å². The second kappa shape index (κ2) is 19.8. The number of hydrogen-bond acceptors (Lipinski definition) is 8. The van der Waals surface area contributed by atoms with Gasteiger partial charge < -0.3 is 20.2 Å². The lowest BCUT2D eigenvalue weighted by atomic mass is 9.86. The van der Waals surface area contributed by atoms with Crippen LogP contribution in [0.1, 0.15) is 66.2 Å². The van der Waals surface area contributed by atoms with Crippen molar-refractivity contribution in [1.82, 2.24) is 20.2 Å². The van der Waals surface area contributed by atoms with Crippen LogP contribution in [-0.2, 0) is 4.79 Å². The lowest BCUT2D eigenvalue weighted by Crippen LogP contribution is -2.44. The normalized spacial score (nSPS) is 18.8. The van der Waals surface area contributed by atoms with Crippen LogP contribution in [0.25, 0.3) is 0 Å². The first-order chi connectivity index (χ1) is 19.6. The number of anilines is 2. The van der Waals surface area contributed by atoms with E-state index in [4.69, 9.17) is 10.1 Å². The average Bonchev–Trinajstić information content (AvgIpc) is 3.48. The van der Waals surface area contributed by atoms with Crippen molar-refractivity contribution >= 4 is 30.1 Å². The zero-order valence-corrected chi connectivity index (χ0v) is 25.4. The number of carbonyl (C=O) groups is 1. The summed E-state index contributed by atoms with van der Waals surface area (Å²) in [5.41, 5.74) is 0.626. The first kappa shape index (κ1) is 35.8. The SMILES string of the molecule is C=Nc1cnc(NC(C)C)nc1N(CNC/C=C\C(F)=C/C(=C)F)C1CCC(C)CC1.CC(=O)N1CCCC1.CO. The molecular formula is C30H49F2N7O2. The number of aromatic nitrogens is 2. The number of rotatable bonds is 11. The molecule has 1 aromatic heterocycles. The summed E-state index contributed by atoms with van der Waals surface area (Å²) in [5, 5.41) is 13.5. The molecule has 2 aliphatic rings. The highest BCUT2D eigenvalue weighted by Gasteiger charge is 2.27. The van der Waals surface area contributed by atoms with Gasteiger partial charge in [0, 0.05) is 51.8 Å². The third-order valence-corrected chi connectivity index (χ3v) is 6.70. The number of halogens is 2. The van der Waals surface area contributed by atoms with Gasteiger partial charge in [-0.2, -0.15) is 4.98 Å². The monoisotopic (exact) mass is 577 g/mol. The predicted molar refractivity (Wildman–Crippen MR) is 165 cm³/mol. The van der Waals surface area contributed by atoms with E-state index < -0.39 is 11.7 Å². The van der Waals surface area contributed by atoms with Gasteiger partial charge in [-0.15, -0.1) is 0 Å². The smallest absolute Gasteiger partial charge is 0.224 e. The molecule has 1 amide bonds. The summed E-state index contributed by atoms with van der Waals surface area (Å²) in [6, 6.07) is 0.507. The van der Waals surface area contributed by atoms with E-state index in [1.54, 1.807) is 19.2 Å². The van der Waals surface area contributed by atoms with E-state index in [1.165, 1.54) is 18.9 Å². The Bertz CT molecular complexity index is 1000. The Morgan fingerprint density at radius 3 is 2.39 bits per heavy atom. The van der Waals surface area contributed by atoms with Crippen LogP contribution in [0.2, 0.25) is 0 Å². The van der Waals surface area contributed by atoms with Crippen molar-refractivity contribution in [3.05, 3.63) is 42.7 Å². The fraction of sp³-hybridized carbons (Fsp3) is 0.600. The number of allylic oxidation sites excluding steroid dienone is 4. The second-order valence-corrected chi connectivity index (χ2v) is 10.4. The molecule has 0 atom stereocenters. The molecule has 1 saturated heterocycles. The fourth-order valence-electron chi connectivity index (χ4n) is 4.62. The minimum absolute atomic E-state index is 0.200. The Labute approximate surface area is 244 Å². The Hall–Kier alpha value is -3.18. The minimum atomic E-state index is -0.813. The minimum Gasteiger partial charge on any atom is -0.400 e. The molecule has 0 spiro atoms. The van der Waals surface area contributed by atoms with Crippen LogP contribution in [0.3, 0.4) is 0 Å². The summed E-state index contributed by atoms with van der Waals surface area (Å²) in [7, 11) is 1.00. The molecule has 1 saturated carbocycles. The van der Waals surface area contributed by atoms with Crippen molar-refractivity contribution in [2.75, 3.05) is 43.6 Å². The number of amides is 1. The van der Waals surface area contributed by atoms with E-state index in [0.29, 0.717) is 30.9 Å². The standard InChI is InChI=1S/C23H34F2N6.C6H11NO.CH4O/c1-16(2)29-23-28-14-21(26-5)22(30-23)31(20-10-8-17(3)9-11-20)15-27-12-6-7-19(25)13-18(4)24;1-6(8)7-4-2-3-5-7;1-2/h6-7,13-14,16-17,20,27H,4-5,8-12,15H2,1-3H3,(H,28,29,30);2-5H2,1H3;2H,1H3/b7-6-,19-13+;;. The Morgan fingerprint density at radius 2 is 1.88 bits per heavy atom. The van der Waals surface area contributed by atoms with Gasteiger partial charge in [0.05, 0.1) is 12.9 Å². The number of nitrogens with zero attached hydrogens (tertiary/aromatic N) is 5. The summed E-state index contributed by atoms with van der Waals surface area (Å²) in [4.78, 5) is 27.9. The van der Waals surface area contributed by atoms with Crippen molar-refractivity contribution in [2.24, 2.45) is 10.9 Å². The third-order valence-electron chi connectivity index (χ3n) is 6.70. The summed E-state index contributed by atoms with van der Waals surface area (Å²) >= 11 is 0. The van der Waals surface area contributed by atoms with Crippen molar-refractivity contribution in [1.29, 1.82) is 0 Å². The molecule has 3 rings (SSSR count). The molecule has 1 aromatic rings. The van der Waals surface area contributed by atoms with E-state index in [0.717, 1.165) is 63.7 Å². The number of likely N-dealkylation sites (tertiary alicyclic amines) is 1. The topological polar surface area (TPSA) is 106 Å². The molecule has 3 N–H and O–H groups in total. The van der Waals surface area contributed by atoms with Gasteiger partial charge in [0.25, 0.3) is 0 Å². The number of nitrogens with one attached hydrogen (secondary N) is 2. The molecule has 0 unspecified atom stereocenters. The molecule has 41 heavy (non-hydrogen) atoms. The third kappa shape index (κ3) is 13.8. The van der Waals surface area contributed by atoms with E-state index in [1.807, 2.05) is 18.7 Å². The van der Waals surface area contributed by atoms with Crippen LogP contribution in [-0.4, -0.2) is 78.1 Å². The Balaban J connectivity index is 0.000000711. The van der Waals surface area contributed by atoms with Gasteiger partial charge >= 0.3 is 0 Å². The highest BCUT2D eigenvalue weighted by atomic mass is 19.1. The largest absolute Gasteiger partial charge is 0.400 e. The lowest BCUT2D eigenvalue weighted by molar-refractivity contribution is -0.127. The molecule has 230 valence electrons. The van der Waals surface area contributed by atoms with Crippen molar-refractivity contribution in [3.8, 4) is 0 Å². The first-order valence-corrected chi connectivity index (χ1v) is 14.3.